The van der Waals surface area contributed by atoms with Gasteiger partial charge in [-0.1, -0.05) is 0 Å². The monoisotopic (exact) mass is 316 g/mol. The number of nitrogens with zero attached hydrogens (tertiary/aromatic N) is 3. The van der Waals surface area contributed by atoms with Gasteiger partial charge in [-0.15, -0.1) is 12.4 Å². The Bertz CT molecular complexity index is 521. The lowest BCUT2D eigenvalue weighted by atomic mass is 9.91. The first kappa shape index (κ1) is 17.5. The molecule has 1 atom stereocenters. The number of likely N-dealkylation sites (tertiary alicyclic amines) is 1. The molecule has 1 aromatic heterocycles. The molecule has 0 aromatic carbocycles. The van der Waals surface area contributed by atoms with Gasteiger partial charge in [0.1, 0.15) is 0 Å². The molecule has 8 heteroatoms. The average Bonchev–Trinajstić information content (AvgIpc) is 2.80. The molecular formula is C13H21ClN4O3. The quantitative estimate of drug-likeness (QED) is 0.676. The van der Waals surface area contributed by atoms with Crippen LogP contribution >= 0.6 is 12.4 Å². The van der Waals surface area contributed by atoms with Crippen molar-refractivity contribution in [2.24, 2.45) is 18.7 Å². The summed E-state index contributed by atoms with van der Waals surface area (Å²) in [7, 11) is 1.54. The number of hydrogen-bond acceptors (Lipinski definition) is 4. The van der Waals surface area contributed by atoms with Gasteiger partial charge in [-0.3, -0.25) is 4.79 Å². The maximum Gasteiger partial charge on any atom is 0.323 e. The standard InChI is InChI=1S/C13H20N4O3.ClH/c1-9(14)10-5-7-16(8-6-10)13(18)11-3-4-12(15(11)2)17(19)20;/h3-4,9-10H,5-8,14H2,1-2H3;1H. The van der Waals surface area contributed by atoms with E-state index in [0.29, 0.717) is 24.7 Å². The van der Waals surface area contributed by atoms with E-state index in [2.05, 4.69) is 0 Å². The van der Waals surface area contributed by atoms with Gasteiger partial charge in [0, 0.05) is 25.2 Å². The summed E-state index contributed by atoms with van der Waals surface area (Å²) >= 11 is 0. The first-order valence-electron chi connectivity index (χ1n) is 6.76. The zero-order valence-corrected chi connectivity index (χ0v) is 13.0. The van der Waals surface area contributed by atoms with Crippen LogP contribution in [0.2, 0.25) is 0 Å². The van der Waals surface area contributed by atoms with Crippen LogP contribution in [0.4, 0.5) is 5.82 Å². The van der Waals surface area contributed by atoms with Gasteiger partial charge >= 0.3 is 5.82 Å². The van der Waals surface area contributed by atoms with E-state index in [1.54, 1.807) is 11.9 Å². The van der Waals surface area contributed by atoms with Gasteiger partial charge in [0.2, 0.25) is 0 Å². The molecule has 1 unspecified atom stereocenters. The van der Waals surface area contributed by atoms with Gasteiger partial charge in [-0.05, 0) is 36.7 Å². The molecule has 2 N–H and O–H groups in total. The highest BCUT2D eigenvalue weighted by Gasteiger charge is 2.29. The largest absolute Gasteiger partial charge is 0.358 e. The molecule has 0 aliphatic carbocycles. The fourth-order valence-corrected chi connectivity index (χ4v) is 2.69. The van der Waals surface area contributed by atoms with Gasteiger partial charge in [0.05, 0.1) is 7.05 Å². The summed E-state index contributed by atoms with van der Waals surface area (Å²) in [5, 5.41) is 10.8. The molecule has 2 rings (SSSR count). The zero-order valence-electron chi connectivity index (χ0n) is 12.2. The summed E-state index contributed by atoms with van der Waals surface area (Å²) in [6, 6.07) is 3.02. The Balaban J connectivity index is 0.00000220. The minimum absolute atomic E-state index is 0. The summed E-state index contributed by atoms with van der Waals surface area (Å²) in [6.45, 7) is 3.30. The summed E-state index contributed by atoms with van der Waals surface area (Å²) in [5.41, 5.74) is 6.24. The number of aromatic nitrogens is 1. The molecule has 21 heavy (non-hydrogen) atoms. The zero-order chi connectivity index (χ0) is 14.9. The lowest BCUT2D eigenvalue weighted by Crippen LogP contribution is -2.43. The third kappa shape index (κ3) is 3.54. The highest BCUT2D eigenvalue weighted by Crippen LogP contribution is 2.22. The minimum Gasteiger partial charge on any atom is -0.358 e. The molecule has 118 valence electrons. The van der Waals surface area contributed by atoms with Gasteiger partial charge in [0.25, 0.3) is 5.91 Å². The van der Waals surface area contributed by atoms with Gasteiger partial charge in [-0.2, -0.15) is 0 Å². The molecular weight excluding hydrogens is 296 g/mol. The number of amides is 1. The summed E-state index contributed by atoms with van der Waals surface area (Å²) in [4.78, 5) is 24.4. The van der Waals surface area contributed by atoms with E-state index in [-0.39, 0.29) is 30.2 Å². The van der Waals surface area contributed by atoms with Crippen LogP contribution in [0.25, 0.3) is 0 Å². The molecule has 0 spiro atoms. The molecule has 0 bridgehead atoms. The topological polar surface area (TPSA) is 94.4 Å². The minimum atomic E-state index is -0.487. The Morgan fingerprint density at radius 1 is 1.43 bits per heavy atom. The number of carbonyl (C=O) groups is 1. The summed E-state index contributed by atoms with van der Waals surface area (Å²) in [5.74, 6) is 0.226. The highest BCUT2D eigenvalue weighted by molar-refractivity contribution is 5.93. The summed E-state index contributed by atoms with van der Waals surface area (Å²) < 4.78 is 1.33. The second kappa shape index (κ2) is 6.91. The Morgan fingerprint density at radius 2 is 2.00 bits per heavy atom. The van der Waals surface area contributed by atoms with E-state index in [0.717, 1.165) is 12.8 Å². The smallest absolute Gasteiger partial charge is 0.323 e. The van der Waals surface area contributed by atoms with Crippen LogP contribution < -0.4 is 5.73 Å². The van der Waals surface area contributed by atoms with Crippen LogP contribution in [0.3, 0.4) is 0 Å². The van der Waals surface area contributed by atoms with E-state index in [1.807, 2.05) is 6.92 Å². The molecule has 0 radical (unpaired) electrons. The van der Waals surface area contributed by atoms with Crippen molar-refractivity contribution in [3.63, 3.8) is 0 Å². The number of rotatable bonds is 3. The highest BCUT2D eigenvalue weighted by atomic mass is 35.5. The van der Waals surface area contributed by atoms with Gasteiger partial charge < -0.3 is 20.7 Å². The van der Waals surface area contributed by atoms with E-state index in [9.17, 15) is 14.9 Å². The Labute approximate surface area is 129 Å². The van der Waals surface area contributed by atoms with Crippen molar-refractivity contribution in [3.05, 3.63) is 27.9 Å². The number of carbonyl (C=O) groups excluding carboxylic acids is 1. The molecule has 1 aromatic rings. The van der Waals surface area contributed by atoms with Crippen LogP contribution in [0.5, 0.6) is 0 Å². The molecule has 2 heterocycles. The van der Waals surface area contributed by atoms with E-state index < -0.39 is 4.92 Å². The Kier molecular flexibility index (Phi) is 5.74. The van der Waals surface area contributed by atoms with Crippen molar-refractivity contribution in [1.29, 1.82) is 0 Å². The second-order valence-electron chi connectivity index (χ2n) is 5.38. The van der Waals surface area contributed by atoms with Crippen molar-refractivity contribution >= 4 is 24.1 Å². The van der Waals surface area contributed by atoms with Gasteiger partial charge in [-0.25, -0.2) is 4.57 Å². The number of nitro groups is 1. The molecule has 1 aliphatic rings. The van der Waals surface area contributed by atoms with Crippen LogP contribution in [-0.2, 0) is 7.05 Å². The fraction of sp³-hybridized carbons (Fsp3) is 0.615. The van der Waals surface area contributed by atoms with Crippen LogP contribution in [0.1, 0.15) is 30.3 Å². The van der Waals surface area contributed by atoms with Crippen molar-refractivity contribution in [3.8, 4) is 0 Å². The lowest BCUT2D eigenvalue weighted by Gasteiger charge is -2.33. The Hall–Kier alpha value is -1.60. The molecule has 1 amide bonds. The molecule has 7 nitrogen and oxygen atoms in total. The Morgan fingerprint density at radius 3 is 2.43 bits per heavy atom. The van der Waals surface area contributed by atoms with Crippen LogP contribution in [0.15, 0.2) is 12.1 Å². The number of nitrogens with two attached hydrogens (primary N) is 1. The lowest BCUT2D eigenvalue weighted by molar-refractivity contribution is -0.391. The first-order valence-corrected chi connectivity index (χ1v) is 6.76. The summed E-state index contributed by atoms with van der Waals surface area (Å²) in [6.07, 6.45) is 1.77. The van der Waals surface area contributed by atoms with Crippen molar-refractivity contribution in [1.82, 2.24) is 9.47 Å². The third-order valence-corrected chi connectivity index (χ3v) is 4.07. The van der Waals surface area contributed by atoms with Crippen molar-refractivity contribution in [2.45, 2.75) is 25.8 Å². The maximum atomic E-state index is 12.4. The maximum absolute atomic E-state index is 12.4. The average molecular weight is 317 g/mol. The van der Waals surface area contributed by atoms with Crippen molar-refractivity contribution in [2.75, 3.05) is 13.1 Å². The number of hydrogen-bond donors (Lipinski definition) is 1. The third-order valence-electron chi connectivity index (χ3n) is 4.07. The number of piperidine rings is 1. The number of halogens is 1. The van der Waals surface area contributed by atoms with Crippen LogP contribution in [0, 0.1) is 16.0 Å². The molecule has 1 saturated heterocycles. The predicted molar refractivity (Wildman–Crippen MR) is 81.6 cm³/mol. The van der Waals surface area contributed by atoms with E-state index in [4.69, 9.17) is 5.73 Å². The SMILES string of the molecule is CC(N)C1CCN(C(=O)c2ccc([N+](=O)[O-])n2C)CC1.Cl. The molecule has 1 aliphatic heterocycles. The first-order chi connectivity index (χ1) is 9.41. The second-order valence-corrected chi connectivity index (χ2v) is 5.38. The van der Waals surface area contributed by atoms with Crippen LogP contribution in [-0.4, -0.2) is 39.4 Å². The van der Waals surface area contributed by atoms with E-state index in [1.165, 1.54) is 16.7 Å². The predicted octanol–water partition coefficient (Wildman–Crippen LogP) is 1.55. The molecule has 1 fully saturated rings. The van der Waals surface area contributed by atoms with Gasteiger partial charge in [0.15, 0.2) is 5.69 Å². The fourth-order valence-electron chi connectivity index (χ4n) is 2.69. The normalized spacial score (nSPS) is 17.2. The van der Waals surface area contributed by atoms with E-state index >= 15 is 0 Å². The molecule has 0 saturated carbocycles. The van der Waals surface area contributed by atoms with Crippen molar-refractivity contribution < 1.29 is 9.72 Å².